The first-order valence-electron chi connectivity index (χ1n) is 4.64. The average molecular weight is 232 g/mol. The van der Waals surface area contributed by atoms with Gasteiger partial charge in [0, 0.05) is 0 Å². The molecule has 1 aromatic rings. The summed E-state index contributed by atoms with van der Waals surface area (Å²) in [5.74, 6) is 0.839. The molecule has 0 aromatic heterocycles. The Morgan fingerprint density at radius 3 is 2.40 bits per heavy atom. The third-order valence-electron chi connectivity index (χ3n) is 2.32. The van der Waals surface area contributed by atoms with E-state index < -0.39 is 6.10 Å². The van der Waals surface area contributed by atoms with E-state index in [1.807, 2.05) is 25.1 Å². The van der Waals surface area contributed by atoms with Gasteiger partial charge in [0.2, 0.25) is 0 Å². The van der Waals surface area contributed by atoms with Crippen LogP contribution in [0.4, 0.5) is 0 Å². The van der Waals surface area contributed by atoms with Crippen LogP contribution >= 0.6 is 12.4 Å². The molecule has 0 saturated carbocycles. The van der Waals surface area contributed by atoms with Crippen molar-refractivity contribution in [3.63, 3.8) is 0 Å². The Hall–Kier alpha value is -0.770. The zero-order chi connectivity index (χ0) is 10.7. The smallest absolute Gasteiger partial charge is 0.121 e. The fourth-order valence-electron chi connectivity index (χ4n) is 1.39. The quantitative estimate of drug-likeness (QED) is 0.834. The Morgan fingerprint density at radius 1 is 1.40 bits per heavy atom. The summed E-state index contributed by atoms with van der Waals surface area (Å²) in [6.45, 7) is 3.64. The van der Waals surface area contributed by atoms with E-state index in [0.29, 0.717) is 0 Å². The van der Waals surface area contributed by atoms with Gasteiger partial charge in [0.1, 0.15) is 5.75 Å². The molecule has 0 heterocycles. The molecule has 15 heavy (non-hydrogen) atoms. The molecule has 0 amide bonds. The van der Waals surface area contributed by atoms with Crippen LogP contribution in [-0.2, 0) is 0 Å². The van der Waals surface area contributed by atoms with Gasteiger partial charge in [-0.05, 0) is 31.0 Å². The van der Waals surface area contributed by atoms with Crippen LogP contribution in [0.5, 0.6) is 5.75 Å². The molecule has 3 N–H and O–H groups in total. The van der Waals surface area contributed by atoms with Crippen molar-refractivity contribution in [2.75, 3.05) is 7.11 Å². The molecule has 0 fully saturated rings. The average Bonchev–Trinajstić information content (AvgIpc) is 2.16. The minimum Gasteiger partial charge on any atom is -0.496 e. The summed E-state index contributed by atoms with van der Waals surface area (Å²) in [4.78, 5) is 0. The van der Waals surface area contributed by atoms with E-state index in [0.717, 1.165) is 16.9 Å². The second-order valence-corrected chi connectivity index (χ2v) is 3.50. The number of ether oxygens (including phenoxy) is 1. The molecule has 0 aliphatic heterocycles. The van der Waals surface area contributed by atoms with Gasteiger partial charge in [-0.2, -0.15) is 0 Å². The van der Waals surface area contributed by atoms with Gasteiger partial charge in [-0.1, -0.05) is 12.1 Å². The first-order valence-corrected chi connectivity index (χ1v) is 4.64. The number of hydrogen-bond donors (Lipinski definition) is 2. The van der Waals surface area contributed by atoms with Crippen molar-refractivity contribution in [3.05, 3.63) is 29.3 Å². The fraction of sp³-hybridized carbons (Fsp3) is 0.455. The fourth-order valence-corrected chi connectivity index (χ4v) is 1.39. The van der Waals surface area contributed by atoms with E-state index >= 15 is 0 Å². The van der Waals surface area contributed by atoms with Gasteiger partial charge in [-0.25, -0.2) is 0 Å². The third-order valence-corrected chi connectivity index (χ3v) is 2.32. The van der Waals surface area contributed by atoms with E-state index in [-0.39, 0.29) is 18.4 Å². The van der Waals surface area contributed by atoms with E-state index in [1.165, 1.54) is 0 Å². The molecular weight excluding hydrogens is 214 g/mol. The van der Waals surface area contributed by atoms with Crippen LogP contribution in [0, 0.1) is 6.92 Å². The number of benzene rings is 1. The van der Waals surface area contributed by atoms with Crippen LogP contribution in [0.3, 0.4) is 0 Å². The molecular formula is C11H18ClNO2. The summed E-state index contributed by atoms with van der Waals surface area (Å²) < 4.78 is 5.14. The standard InChI is InChI=1S/C11H17NO2.ClH/c1-7-6-9(11(12)8(2)13)4-5-10(7)14-3;/h4-6,8,11,13H,12H2,1-3H3;1H/t8-,11-;/m1./s1. The van der Waals surface area contributed by atoms with E-state index in [1.54, 1.807) is 14.0 Å². The van der Waals surface area contributed by atoms with Gasteiger partial charge < -0.3 is 15.6 Å². The topological polar surface area (TPSA) is 55.5 Å². The molecule has 0 saturated heterocycles. The largest absolute Gasteiger partial charge is 0.496 e. The number of rotatable bonds is 3. The van der Waals surface area contributed by atoms with Crippen molar-refractivity contribution < 1.29 is 9.84 Å². The van der Waals surface area contributed by atoms with Crippen LogP contribution in [-0.4, -0.2) is 18.3 Å². The number of halogens is 1. The van der Waals surface area contributed by atoms with Gasteiger partial charge >= 0.3 is 0 Å². The third kappa shape index (κ3) is 3.38. The Labute approximate surface area is 96.7 Å². The monoisotopic (exact) mass is 231 g/mol. The van der Waals surface area contributed by atoms with E-state index in [9.17, 15) is 5.11 Å². The lowest BCUT2D eigenvalue weighted by Gasteiger charge is -2.16. The normalized spacial score (nSPS) is 13.9. The molecule has 1 aromatic carbocycles. The summed E-state index contributed by atoms with van der Waals surface area (Å²) >= 11 is 0. The van der Waals surface area contributed by atoms with Crippen molar-refractivity contribution >= 4 is 12.4 Å². The summed E-state index contributed by atoms with van der Waals surface area (Å²) in [6, 6.07) is 5.35. The SMILES string of the molecule is COc1ccc([C@H](N)[C@@H](C)O)cc1C.Cl. The van der Waals surface area contributed by atoms with Gasteiger partial charge in [0.25, 0.3) is 0 Å². The summed E-state index contributed by atoms with van der Waals surface area (Å²) in [5.41, 5.74) is 7.77. The Bertz CT molecular complexity index is 315. The van der Waals surface area contributed by atoms with Crippen molar-refractivity contribution in [1.29, 1.82) is 0 Å². The lowest BCUT2D eigenvalue weighted by Crippen LogP contribution is -2.23. The highest BCUT2D eigenvalue weighted by molar-refractivity contribution is 5.85. The number of aliphatic hydroxyl groups is 1. The molecule has 0 spiro atoms. The first-order chi connectivity index (χ1) is 6.56. The molecule has 0 radical (unpaired) electrons. The van der Waals surface area contributed by atoms with Crippen LogP contribution in [0.15, 0.2) is 18.2 Å². The summed E-state index contributed by atoms with van der Waals surface area (Å²) in [6.07, 6.45) is -0.539. The molecule has 86 valence electrons. The molecule has 0 bridgehead atoms. The van der Waals surface area contributed by atoms with Gasteiger partial charge in [-0.15, -0.1) is 12.4 Å². The first kappa shape index (κ1) is 14.2. The van der Waals surface area contributed by atoms with Crippen LogP contribution < -0.4 is 10.5 Å². The number of methoxy groups -OCH3 is 1. The number of aliphatic hydroxyl groups excluding tert-OH is 1. The summed E-state index contributed by atoms with van der Waals surface area (Å²) in [5, 5.41) is 9.34. The molecule has 0 aliphatic rings. The predicted molar refractivity (Wildman–Crippen MR) is 63.6 cm³/mol. The molecule has 1 rings (SSSR count). The Morgan fingerprint density at radius 2 is 2.00 bits per heavy atom. The maximum Gasteiger partial charge on any atom is 0.121 e. The molecule has 2 atom stereocenters. The van der Waals surface area contributed by atoms with Gasteiger partial charge in [-0.3, -0.25) is 0 Å². The molecule has 4 heteroatoms. The van der Waals surface area contributed by atoms with Gasteiger partial charge in [0.15, 0.2) is 0 Å². The zero-order valence-electron chi connectivity index (χ0n) is 9.23. The Kier molecular flexibility index (Phi) is 5.65. The summed E-state index contributed by atoms with van der Waals surface area (Å²) in [7, 11) is 1.64. The number of aryl methyl sites for hydroxylation is 1. The van der Waals surface area contributed by atoms with Crippen LogP contribution in [0.25, 0.3) is 0 Å². The minimum absolute atomic E-state index is 0. The highest BCUT2D eigenvalue weighted by Gasteiger charge is 2.12. The van der Waals surface area contributed by atoms with E-state index in [2.05, 4.69) is 0 Å². The van der Waals surface area contributed by atoms with Crippen molar-refractivity contribution in [2.24, 2.45) is 5.73 Å². The number of hydrogen-bond acceptors (Lipinski definition) is 3. The lowest BCUT2D eigenvalue weighted by atomic mass is 10.0. The van der Waals surface area contributed by atoms with Crippen LogP contribution in [0.2, 0.25) is 0 Å². The van der Waals surface area contributed by atoms with Crippen molar-refractivity contribution in [2.45, 2.75) is 26.0 Å². The molecule has 0 aliphatic carbocycles. The maximum atomic E-state index is 9.34. The predicted octanol–water partition coefficient (Wildman–Crippen LogP) is 1.81. The number of nitrogens with two attached hydrogens (primary N) is 1. The lowest BCUT2D eigenvalue weighted by molar-refractivity contribution is 0.164. The van der Waals surface area contributed by atoms with Crippen LogP contribution in [0.1, 0.15) is 24.1 Å². The molecule has 3 nitrogen and oxygen atoms in total. The second-order valence-electron chi connectivity index (χ2n) is 3.50. The maximum absolute atomic E-state index is 9.34. The molecule has 0 unspecified atom stereocenters. The highest BCUT2D eigenvalue weighted by atomic mass is 35.5. The highest BCUT2D eigenvalue weighted by Crippen LogP contribution is 2.22. The van der Waals surface area contributed by atoms with Crippen molar-refractivity contribution in [1.82, 2.24) is 0 Å². The van der Waals surface area contributed by atoms with Gasteiger partial charge in [0.05, 0.1) is 19.3 Å². The Balaban J connectivity index is 0.00000196. The zero-order valence-corrected chi connectivity index (χ0v) is 10.0. The van der Waals surface area contributed by atoms with E-state index in [4.69, 9.17) is 10.5 Å². The second kappa shape index (κ2) is 5.95. The minimum atomic E-state index is -0.539. The van der Waals surface area contributed by atoms with Crippen molar-refractivity contribution in [3.8, 4) is 5.75 Å².